The Labute approximate surface area is 202 Å². The zero-order valence-electron chi connectivity index (χ0n) is 17.4. The van der Waals surface area contributed by atoms with E-state index in [-0.39, 0.29) is 22.0 Å². The van der Waals surface area contributed by atoms with E-state index >= 15 is 0 Å². The fraction of sp³-hybridized carbons (Fsp3) is 0.238. The zero-order chi connectivity index (χ0) is 24.4. The van der Waals surface area contributed by atoms with Gasteiger partial charge in [0.15, 0.2) is 0 Å². The van der Waals surface area contributed by atoms with E-state index in [2.05, 4.69) is 25.8 Å². The Morgan fingerprint density at radius 3 is 2.50 bits per heavy atom. The van der Waals surface area contributed by atoms with E-state index in [0.717, 1.165) is 0 Å². The van der Waals surface area contributed by atoms with Crippen LogP contribution in [0.4, 0.5) is 5.69 Å². The molecule has 4 N–H and O–H groups in total. The Balaban J connectivity index is 1.41. The van der Waals surface area contributed by atoms with Gasteiger partial charge in [-0.2, -0.15) is 5.10 Å². The lowest BCUT2D eigenvalue weighted by molar-refractivity contribution is -0.142. The Bertz CT molecular complexity index is 1300. The molecule has 1 aromatic carbocycles. The van der Waals surface area contributed by atoms with E-state index < -0.39 is 35.6 Å². The molecule has 2 unspecified atom stereocenters. The Hall–Kier alpha value is -3.70. The van der Waals surface area contributed by atoms with Crippen LogP contribution in [0.15, 0.2) is 41.5 Å². The fourth-order valence-corrected chi connectivity index (χ4v) is 4.26. The number of fused-ring (bicyclic) bond motifs is 1. The number of rotatable bonds is 7. The predicted molar refractivity (Wildman–Crippen MR) is 122 cm³/mol. The summed E-state index contributed by atoms with van der Waals surface area (Å²) in [4.78, 5) is 52.6. The summed E-state index contributed by atoms with van der Waals surface area (Å²) in [6.07, 6.45) is 3.42. The molecule has 34 heavy (non-hydrogen) atoms. The third kappa shape index (κ3) is 4.80. The third-order valence-corrected chi connectivity index (χ3v) is 5.95. The quantitative estimate of drug-likeness (QED) is 0.381. The molecule has 2 aromatic heterocycles. The van der Waals surface area contributed by atoms with Crippen LogP contribution in [-0.4, -0.2) is 48.7 Å². The second-order valence-corrected chi connectivity index (χ2v) is 8.42. The normalized spacial score (nSPS) is 15.4. The molecule has 0 bridgehead atoms. The van der Waals surface area contributed by atoms with Gasteiger partial charge in [0.2, 0.25) is 5.91 Å². The first-order valence-corrected chi connectivity index (χ1v) is 10.9. The molecule has 4 rings (SSSR count). The number of carbonyl (C=O) groups is 3. The Morgan fingerprint density at radius 2 is 1.85 bits per heavy atom. The summed E-state index contributed by atoms with van der Waals surface area (Å²) in [5, 5.41) is 21.1. The molecule has 0 fully saturated rings. The van der Waals surface area contributed by atoms with Gasteiger partial charge in [0.1, 0.15) is 17.9 Å². The number of aryl methyl sites for hydroxylation is 1. The van der Waals surface area contributed by atoms with Gasteiger partial charge in [-0.25, -0.2) is 14.7 Å². The minimum absolute atomic E-state index is 0.00280. The predicted octanol–water partition coefficient (Wildman–Crippen LogP) is 1.82. The van der Waals surface area contributed by atoms with E-state index in [1.54, 1.807) is 24.3 Å². The van der Waals surface area contributed by atoms with Gasteiger partial charge < -0.3 is 15.7 Å². The highest BCUT2D eigenvalue weighted by Crippen LogP contribution is 2.25. The molecule has 1 aliphatic heterocycles. The molecule has 0 radical (unpaired) electrons. The van der Waals surface area contributed by atoms with Crippen molar-refractivity contribution in [1.82, 2.24) is 25.1 Å². The lowest BCUT2D eigenvalue weighted by Crippen LogP contribution is -2.45. The summed E-state index contributed by atoms with van der Waals surface area (Å²) in [7, 11) is 0. The first kappa shape index (κ1) is 23.5. The molecular weight excluding hydrogens is 487 g/mol. The number of amides is 2. The molecule has 0 spiro atoms. The average molecular weight is 505 g/mol. The van der Waals surface area contributed by atoms with Gasteiger partial charge >= 0.3 is 11.7 Å². The van der Waals surface area contributed by atoms with Crippen molar-refractivity contribution in [3.63, 3.8) is 0 Å². The number of carboxylic acids is 1. The van der Waals surface area contributed by atoms with Crippen molar-refractivity contribution >= 4 is 46.7 Å². The molecule has 0 aliphatic carbocycles. The van der Waals surface area contributed by atoms with Crippen LogP contribution in [0.1, 0.15) is 34.2 Å². The monoisotopic (exact) mass is 504 g/mol. The molecule has 0 saturated carbocycles. The standard InChI is InChI=1S/C21H18Cl2N6O5/c22-12-8-24-9-13(23)17(12)19(31)25-11-3-1-10(2-4-11)7-14(20(32)33)26-18(30)15-5-6-16-27-28-21(34)29(15)16/h1-4,8-9,14-15H,5-7H2,(H,25,31)(H,26,30)(H,28,34)(H,32,33). The molecular formula is C21H18Cl2N6O5. The number of halogens is 2. The molecule has 2 amide bonds. The van der Waals surface area contributed by atoms with E-state index in [0.29, 0.717) is 29.9 Å². The number of anilines is 1. The van der Waals surface area contributed by atoms with Crippen molar-refractivity contribution in [3.05, 3.63) is 74.1 Å². The van der Waals surface area contributed by atoms with Crippen molar-refractivity contribution in [3.8, 4) is 0 Å². The number of aromatic nitrogens is 4. The second kappa shape index (κ2) is 9.65. The number of pyridine rings is 1. The summed E-state index contributed by atoms with van der Waals surface area (Å²) in [5.74, 6) is -1.84. The number of carboxylic acid groups (broad SMARTS) is 1. The number of nitrogens with one attached hydrogen (secondary N) is 3. The van der Waals surface area contributed by atoms with Gasteiger partial charge in [0.05, 0.1) is 15.6 Å². The van der Waals surface area contributed by atoms with Crippen molar-refractivity contribution in [2.24, 2.45) is 0 Å². The van der Waals surface area contributed by atoms with Gasteiger partial charge in [-0.3, -0.25) is 19.1 Å². The number of hydrogen-bond donors (Lipinski definition) is 4. The lowest BCUT2D eigenvalue weighted by Gasteiger charge is -2.18. The van der Waals surface area contributed by atoms with Crippen LogP contribution in [0.25, 0.3) is 0 Å². The summed E-state index contributed by atoms with van der Waals surface area (Å²) in [5.41, 5.74) is 0.624. The second-order valence-electron chi connectivity index (χ2n) is 7.60. The number of benzene rings is 1. The molecule has 0 saturated heterocycles. The minimum Gasteiger partial charge on any atom is -0.480 e. The van der Waals surface area contributed by atoms with Crippen LogP contribution in [0.3, 0.4) is 0 Å². The SMILES string of the molecule is O=C(Nc1ccc(CC(NC(=O)C2CCc3n[nH]c(=O)n32)C(=O)O)cc1)c1c(Cl)cncc1Cl. The minimum atomic E-state index is -1.22. The number of H-pyrrole nitrogens is 1. The van der Waals surface area contributed by atoms with Crippen LogP contribution < -0.4 is 16.3 Å². The van der Waals surface area contributed by atoms with E-state index in [1.165, 1.54) is 17.0 Å². The third-order valence-electron chi connectivity index (χ3n) is 5.38. The maximum Gasteiger partial charge on any atom is 0.344 e. The summed E-state index contributed by atoms with van der Waals surface area (Å²) < 4.78 is 1.24. The first-order chi connectivity index (χ1) is 16.2. The van der Waals surface area contributed by atoms with Crippen molar-refractivity contribution in [1.29, 1.82) is 0 Å². The van der Waals surface area contributed by atoms with Crippen LogP contribution >= 0.6 is 23.2 Å². The molecule has 2 atom stereocenters. The van der Waals surface area contributed by atoms with Gasteiger partial charge in [-0.15, -0.1) is 0 Å². The highest BCUT2D eigenvalue weighted by atomic mass is 35.5. The zero-order valence-corrected chi connectivity index (χ0v) is 18.9. The average Bonchev–Trinajstić information content (AvgIpc) is 3.37. The van der Waals surface area contributed by atoms with Crippen LogP contribution in [0.2, 0.25) is 10.0 Å². The maximum atomic E-state index is 12.7. The lowest BCUT2D eigenvalue weighted by atomic mass is 10.0. The molecule has 3 aromatic rings. The molecule has 1 aliphatic rings. The number of aromatic amines is 1. The fourth-order valence-electron chi connectivity index (χ4n) is 3.73. The van der Waals surface area contributed by atoms with Crippen LogP contribution in [0, 0.1) is 0 Å². The topological polar surface area (TPSA) is 159 Å². The molecule has 176 valence electrons. The van der Waals surface area contributed by atoms with Gasteiger partial charge in [0, 0.05) is 30.9 Å². The van der Waals surface area contributed by atoms with Crippen molar-refractivity contribution < 1.29 is 19.5 Å². The highest BCUT2D eigenvalue weighted by molar-refractivity contribution is 6.40. The van der Waals surface area contributed by atoms with Crippen molar-refractivity contribution in [2.45, 2.75) is 31.3 Å². The maximum absolute atomic E-state index is 12.7. The van der Waals surface area contributed by atoms with E-state index in [4.69, 9.17) is 23.2 Å². The largest absolute Gasteiger partial charge is 0.480 e. The Morgan fingerprint density at radius 1 is 1.18 bits per heavy atom. The van der Waals surface area contributed by atoms with Gasteiger partial charge in [-0.1, -0.05) is 35.3 Å². The number of carbonyl (C=O) groups excluding carboxylic acids is 2. The smallest absolute Gasteiger partial charge is 0.344 e. The van der Waals surface area contributed by atoms with Crippen LogP contribution in [-0.2, 0) is 22.4 Å². The van der Waals surface area contributed by atoms with E-state index in [1.807, 2.05) is 0 Å². The van der Waals surface area contributed by atoms with Crippen molar-refractivity contribution in [2.75, 3.05) is 5.32 Å². The summed E-state index contributed by atoms with van der Waals surface area (Å²) in [6.45, 7) is 0. The Kier molecular flexibility index (Phi) is 6.66. The number of hydrogen-bond acceptors (Lipinski definition) is 6. The highest BCUT2D eigenvalue weighted by Gasteiger charge is 2.33. The van der Waals surface area contributed by atoms with Gasteiger partial charge in [-0.05, 0) is 24.1 Å². The molecule has 11 nitrogen and oxygen atoms in total. The van der Waals surface area contributed by atoms with E-state index in [9.17, 15) is 24.3 Å². The van der Waals surface area contributed by atoms with Crippen LogP contribution in [0.5, 0.6) is 0 Å². The number of aliphatic carboxylic acids is 1. The summed E-state index contributed by atoms with van der Waals surface area (Å²) >= 11 is 12.0. The van der Waals surface area contributed by atoms with Gasteiger partial charge in [0.25, 0.3) is 5.91 Å². The molecule has 13 heteroatoms. The first-order valence-electron chi connectivity index (χ1n) is 10.1. The summed E-state index contributed by atoms with van der Waals surface area (Å²) in [6, 6.07) is 4.40. The number of nitrogens with zero attached hydrogens (tertiary/aromatic N) is 3. The molecule has 3 heterocycles.